The van der Waals surface area contributed by atoms with Crippen LogP contribution in [0.15, 0.2) is 54.7 Å². The van der Waals surface area contributed by atoms with Gasteiger partial charge in [0, 0.05) is 36.1 Å². The molecule has 2 heterocycles. The molecule has 0 bridgehead atoms. The minimum absolute atomic E-state index is 0.0902. The van der Waals surface area contributed by atoms with Gasteiger partial charge in [-0.1, -0.05) is 50.2 Å². The Labute approximate surface area is 187 Å². The summed E-state index contributed by atoms with van der Waals surface area (Å²) in [7, 11) is 0. The molecule has 1 fully saturated rings. The van der Waals surface area contributed by atoms with E-state index in [1.165, 1.54) is 0 Å². The summed E-state index contributed by atoms with van der Waals surface area (Å²) in [4.78, 5) is 22.2. The van der Waals surface area contributed by atoms with Crippen molar-refractivity contribution in [3.05, 3.63) is 60.3 Å². The Morgan fingerprint density at radius 2 is 1.91 bits per heavy atom. The van der Waals surface area contributed by atoms with Crippen LogP contribution in [0.4, 0.5) is 5.82 Å². The van der Waals surface area contributed by atoms with E-state index < -0.39 is 0 Å². The Balaban J connectivity index is 1.53. The van der Waals surface area contributed by atoms with Gasteiger partial charge in [-0.15, -0.1) is 0 Å². The van der Waals surface area contributed by atoms with Crippen LogP contribution in [-0.4, -0.2) is 38.4 Å². The molecule has 0 aliphatic heterocycles. The zero-order chi connectivity index (χ0) is 22.3. The molecule has 0 radical (unpaired) electrons. The van der Waals surface area contributed by atoms with E-state index in [2.05, 4.69) is 29.6 Å². The molecule has 1 aliphatic rings. The fraction of sp³-hybridized carbons (Fsp3) is 0.346. The van der Waals surface area contributed by atoms with Gasteiger partial charge in [-0.25, -0.2) is 9.97 Å². The number of aliphatic hydroxyl groups is 1. The molecule has 0 amide bonds. The summed E-state index contributed by atoms with van der Waals surface area (Å²) in [6.07, 6.45) is 4.15. The zero-order valence-corrected chi connectivity index (χ0v) is 18.5. The number of hydrogen-bond donors (Lipinski definition) is 2. The van der Waals surface area contributed by atoms with Gasteiger partial charge in [-0.3, -0.25) is 9.20 Å². The Hall–Kier alpha value is -3.25. The monoisotopic (exact) mass is 428 g/mol. The number of fused-ring (bicyclic) bond motifs is 3. The molecule has 4 aromatic rings. The summed E-state index contributed by atoms with van der Waals surface area (Å²) in [6, 6.07) is 15.8. The molecule has 6 heteroatoms. The van der Waals surface area contributed by atoms with Crippen LogP contribution in [-0.2, 0) is 0 Å². The number of anilines is 1. The third-order valence-electron chi connectivity index (χ3n) is 6.34. The van der Waals surface area contributed by atoms with E-state index >= 15 is 0 Å². The smallest absolute Gasteiger partial charge is 0.181 e. The number of imidazole rings is 1. The van der Waals surface area contributed by atoms with Crippen molar-refractivity contribution in [3.8, 4) is 11.3 Å². The summed E-state index contributed by atoms with van der Waals surface area (Å²) >= 11 is 0. The van der Waals surface area contributed by atoms with Crippen LogP contribution < -0.4 is 5.32 Å². The quantitative estimate of drug-likeness (QED) is 0.388. The van der Waals surface area contributed by atoms with Gasteiger partial charge >= 0.3 is 0 Å². The average Bonchev–Trinajstić information content (AvgIpc) is 3.44. The van der Waals surface area contributed by atoms with Crippen LogP contribution in [0.1, 0.15) is 43.5 Å². The molecule has 2 aromatic carbocycles. The molecule has 2 aromatic heterocycles. The number of benzene rings is 2. The SMILES string of the molecule is CC(C)CNc1nc2ccccc2n2c(-c3ccc(C(=O)CC4(CO)CC4)cc3)cnc12. The van der Waals surface area contributed by atoms with Crippen molar-refractivity contribution in [1.82, 2.24) is 14.4 Å². The molecule has 5 rings (SSSR count). The number of carbonyl (C=O) groups excluding carboxylic acids is 1. The lowest BCUT2D eigenvalue weighted by Crippen LogP contribution is -2.13. The second-order valence-corrected chi connectivity index (χ2v) is 9.36. The van der Waals surface area contributed by atoms with E-state index in [4.69, 9.17) is 9.97 Å². The van der Waals surface area contributed by atoms with E-state index in [0.29, 0.717) is 17.9 Å². The first-order chi connectivity index (χ1) is 15.5. The van der Waals surface area contributed by atoms with Crippen LogP contribution >= 0.6 is 0 Å². The number of nitrogens with one attached hydrogen (secondary N) is 1. The summed E-state index contributed by atoms with van der Waals surface area (Å²) in [5.41, 5.74) is 5.14. The van der Waals surface area contributed by atoms with E-state index in [-0.39, 0.29) is 17.8 Å². The minimum Gasteiger partial charge on any atom is -0.396 e. The molecule has 0 saturated heterocycles. The Morgan fingerprint density at radius 1 is 1.16 bits per heavy atom. The zero-order valence-electron chi connectivity index (χ0n) is 18.5. The second-order valence-electron chi connectivity index (χ2n) is 9.36. The number of rotatable bonds is 8. The summed E-state index contributed by atoms with van der Waals surface area (Å²) < 4.78 is 2.13. The predicted molar refractivity (Wildman–Crippen MR) is 127 cm³/mol. The number of nitrogens with zero attached hydrogens (tertiary/aromatic N) is 3. The molecule has 164 valence electrons. The first-order valence-corrected chi connectivity index (χ1v) is 11.2. The molecule has 32 heavy (non-hydrogen) atoms. The van der Waals surface area contributed by atoms with Crippen LogP contribution in [0.25, 0.3) is 27.9 Å². The number of ketones is 1. The van der Waals surface area contributed by atoms with E-state index in [1.807, 2.05) is 48.7 Å². The maximum atomic E-state index is 12.7. The topological polar surface area (TPSA) is 79.5 Å². The van der Waals surface area contributed by atoms with Crippen LogP contribution in [0.3, 0.4) is 0 Å². The fourth-order valence-corrected chi connectivity index (χ4v) is 4.14. The highest BCUT2D eigenvalue weighted by atomic mass is 16.3. The fourth-order valence-electron chi connectivity index (χ4n) is 4.14. The van der Waals surface area contributed by atoms with Crippen molar-refractivity contribution in [3.63, 3.8) is 0 Å². The van der Waals surface area contributed by atoms with Gasteiger partial charge in [0.1, 0.15) is 0 Å². The van der Waals surface area contributed by atoms with Crippen molar-refractivity contribution >= 4 is 28.3 Å². The molecule has 6 nitrogen and oxygen atoms in total. The Morgan fingerprint density at radius 3 is 2.59 bits per heavy atom. The molecule has 1 saturated carbocycles. The standard InChI is InChI=1S/C26H28N4O2/c1-17(2)14-27-24-25-28-15-22(30(25)21-6-4-3-5-20(21)29-24)18-7-9-19(10-8-18)23(32)13-26(16-31)11-12-26/h3-10,15,17,31H,11-14,16H2,1-2H3,(H,27,29). The normalized spacial score (nSPS) is 14.9. The summed E-state index contributed by atoms with van der Waals surface area (Å²) in [6.45, 7) is 5.23. The first-order valence-electron chi connectivity index (χ1n) is 11.2. The highest BCUT2D eigenvalue weighted by Crippen LogP contribution is 2.48. The first kappa shape index (κ1) is 20.6. The molecule has 0 atom stereocenters. The molecule has 0 unspecified atom stereocenters. The highest BCUT2D eigenvalue weighted by Gasteiger charge is 2.43. The van der Waals surface area contributed by atoms with Crippen LogP contribution in [0.2, 0.25) is 0 Å². The van der Waals surface area contributed by atoms with Gasteiger partial charge in [-0.2, -0.15) is 0 Å². The lowest BCUT2D eigenvalue weighted by molar-refractivity contribution is 0.0922. The lowest BCUT2D eigenvalue weighted by Gasteiger charge is -2.13. The van der Waals surface area contributed by atoms with E-state index in [9.17, 15) is 9.90 Å². The van der Waals surface area contributed by atoms with Gasteiger partial charge in [0.15, 0.2) is 17.2 Å². The van der Waals surface area contributed by atoms with Gasteiger partial charge in [0.2, 0.25) is 0 Å². The van der Waals surface area contributed by atoms with Crippen molar-refractivity contribution in [1.29, 1.82) is 0 Å². The van der Waals surface area contributed by atoms with Crippen LogP contribution in [0, 0.1) is 11.3 Å². The van der Waals surface area contributed by atoms with Gasteiger partial charge < -0.3 is 10.4 Å². The number of para-hydroxylation sites is 2. The molecule has 0 spiro atoms. The third kappa shape index (κ3) is 3.75. The average molecular weight is 429 g/mol. The Bertz CT molecular complexity index is 1290. The molecular weight excluding hydrogens is 400 g/mol. The highest BCUT2D eigenvalue weighted by molar-refractivity contribution is 5.97. The molecule has 2 N–H and O–H groups in total. The summed E-state index contributed by atoms with van der Waals surface area (Å²) in [5, 5.41) is 13.0. The minimum atomic E-state index is -0.178. The number of hydrogen-bond acceptors (Lipinski definition) is 5. The van der Waals surface area contributed by atoms with Crippen molar-refractivity contribution in [2.75, 3.05) is 18.5 Å². The number of carbonyl (C=O) groups is 1. The van der Waals surface area contributed by atoms with Crippen molar-refractivity contribution in [2.24, 2.45) is 11.3 Å². The number of aliphatic hydroxyl groups excluding tert-OH is 1. The van der Waals surface area contributed by atoms with E-state index in [1.54, 1.807) is 0 Å². The predicted octanol–water partition coefficient (Wildman–Crippen LogP) is 4.96. The van der Waals surface area contributed by atoms with Gasteiger partial charge in [0.05, 0.1) is 22.9 Å². The van der Waals surface area contributed by atoms with Crippen molar-refractivity contribution < 1.29 is 9.90 Å². The number of Topliss-reactive ketones (excluding diaryl/α,β-unsaturated/α-hetero) is 1. The maximum absolute atomic E-state index is 12.7. The van der Waals surface area contributed by atoms with Crippen molar-refractivity contribution in [2.45, 2.75) is 33.1 Å². The van der Waals surface area contributed by atoms with Gasteiger partial charge in [0.25, 0.3) is 0 Å². The maximum Gasteiger partial charge on any atom is 0.181 e. The Kier molecular flexibility index (Phi) is 5.18. The molecule has 1 aliphatic carbocycles. The third-order valence-corrected chi connectivity index (χ3v) is 6.34. The second kappa shape index (κ2) is 8.02. The van der Waals surface area contributed by atoms with Gasteiger partial charge in [-0.05, 0) is 30.9 Å². The largest absolute Gasteiger partial charge is 0.396 e. The van der Waals surface area contributed by atoms with Crippen LogP contribution in [0.5, 0.6) is 0 Å². The summed E-state index contributed by atoms with van der Waals surface area (Å²) in [5.74, 6) is 1.36. The molecular formula is C26H28N4O2. The van der Waals surface area contributed by atoms with E-state index in [0.717, 1.165) is 53.1 Å². The number of aromatic nitrogens is 3. The lowest BCUT2D eigenvalue weighted by atomic mass is 9.96.